The molecule has 5 heteroatoms. The molecule has 0 amide bonds. The molecule has 2 heterocycles. The van der Waals surface area contributed by atoms with Gasteiger partial charge >= 0.3 is 0 Å². The van der Waals surface area contributed by atoms with E-state index in [0.29, 0.717) is 6.54 Å². The highest BCUT2D eigenvalue weighted by atomic mass is 15.3. The summed E-state index contributed by atoms with van der Waals surface area (Å²) in [6.45, 7) is 9.04. The van der Waals surface area contributed by atoms with Gasteiger partial charge in [0.15, 0.2) is 5.65 Å². The smallest absolute Gasteiger partial charge is 0.157 e. The molecule has 0 saturated heterocycles. The molecule has 2 N–H and O–H groups in total. The maximum Gasteiger partial charge on any atom is 0.157 e. The Morgan fingerprint density at radius 1 is 0.912 bits per heavy atom. The van der Waals surface area contributed by atoms with Crippen molar-refractivity contribution in [1.29, 1.82) is 0 Å². The Balaban J connectivity index is 1.36. The number of hydrogen-bond acceptors (Lipinski definition) is 4. The standard InChI is InChI=1S/C29H27N5/c1-20-11-13-24(14-12-20)22(3)32-25-9-6-8-23(17-25)19-30-29-18-27(26-10-5-4-7-21(26)2)33-28-15-16-31-34(28)29/h4-18,30,32H,3,19H2,1-2H3. The molecule has 0 unspecified atom stereocenters. The van der Waals surface area contributed by atoms with Gasteiger partial charge in [0.05, 0.1) is 11.9 Å². The van der Waals surface area contributed by atoms with Gasteiger partial charge in [-0.05, 0) is 42.7 Å². The summed E-state index contributed by atoms with van der Waals surface area (Å²) in [5.41, 5.74) is 9.40. The summed E-state index contributed by atoms with van der Waals surface area (Å²) in [7, 11) is 0. The Hall–Kier alpha value is -4.38. The molecule has 0 bridgehead atoms. The van der Waals surface area contributed by atoms with Gasteiger partial charge in [-0.2, -0.15) is 9.61 Å². The van der Waals surface area contributed by atoms with Gasteiger partial charge in [-0.25, -0.2) is 4.98 Å². The fourth-order valence-corrected chi connectivity index (χ4v) is 3.99. The lowest BCUT2D eigenvalue weighted by Crippen LogP contribution is -2.07. The molecule has 0 aliphatic rings. The van der Waals surface area contributed by atoms with Gasteiger partial charge in [0.1, 0.15) is 5.82 Å². The molecule has 168 valence electrons. The zero-order valence-electron chi connectivity index (χ0n) is 19.4. The van der Waals surface area contributed by atoms with Crippen LogP contribution >= 0.6 is 0 Å². The molecular weight excluding hydrogens is 418 g/mol. The molecule has 2 aromatic heterocycles. The number of nitrogens with one attached hydrogen (secondary N) is 2. The van der Waals surface area contributed by atoms with Crippen LogP contribution < -0.4 is 10.6 Å². The van der Waals surface area contributed by atoms with Crippen molar-refractivity contribution in [3.63, 3.8) is 0 Å². The average Bonchev–Trinajstić information content (AvgIpc) is 3.32. The second kappa shape index (κ2) is 9.24. The van der Waals surface area contributed by atoms with Gasteiger partial charge in [0.2, 0.25) is 0 Å². The predicted molar refractivity (Wildman–Crippen MR) is 141 cm³/mol. The maximum absolute atomic E-state index is 4.80. The monoisotopic (exact) mass is 445 g/mol. The van der Waals surface area contributed by atoms with Crippen molar-refractivity contribution in [2.45, 2.75) is 20.4 Å². The largest absolute Gasteiger partial charge is 0.366 e. The Kier molecular flexibility index (Phi) is 5.83. The third-order valence-corrected chi connectivity index (χ3v) is 5.88. The zero-order chi connectivity index (χ0) is 23.5. The summed E-state index contributed by atoms with van der Waals surface area (Å²) in [5, 5.41) is 11.4. The summed E-state index contributed by atoms with van der Waals surface area (Å²) < 4.78 is 1.84. The highest BCUT2D eigenvalue weighted by Gasteiger charge is 2.10. The first-order chi connectivity index (χ1) is 16.6. The van der Waals surface area contributed by atoms with E-state index < -0.39 is 0 Å². The van der Waals surface area contributed by atoms with Crippen LogP contribution in [0.1, 0.15) is 22.3 Å². The van der Waals surface area contributed by atoms with E-state index in [4.69, 9.17) is 4.98 Å². The molecule has 0 spiro atoms. The highest BCUT2D eigenvalue weighted by Crippen LogP contribution is 2.25. The lowest BCUT2D eigenvalue weighted by molar-refractivity contribution is 0.927. The van der Waals surface area contributed by atoms with Crippen LogP contribution in [0.5, 0.6) is 0 Å². The minimum Gasteiger partial charge on any atom is -0.366 e. The quantitative estimate of drug-likeness (QED) is 0.292. The Morgan fingerprint density at radius 2 is 1.74 bits per heavy atom. The molecule has 0 aliphatic carbocycles. The fourth-order valence-electron chi connectivity index (χ4n) is 3.99. The van der Waals surface area contributed by atoms with Gasteiger partial charge in [-0.1, -0.05) is 72.8 Å². The number of hydrogen-bond donors (Lipinski definition) is 2. The van der Waals surface area contributed by atoms with Crippen molar-refractivity contribution in [2.24, 2.45) is 0 Å². The van der Waals surface area contributed by atoms with Crippen LogP contribution in [0.4, 0.5) is 11.5 Å². The molecule has 0 atom stereocenters. The predicted octanol–water partition coefficient (Wildman–Crippen LogP) is 6.71. The van der Waals surface area contributed by atoms with E-state index in [1.807, 2.05) is 22.7 Å². The van der Waals surface area contributed by atoms with Crippen LogP contribution in [0, 0.1) is 13.8 Å². The number of benzene rings is 3. The molecule has 5 rings (SSSR count). The van der Waals surface area contributed by atoms with Crippen LogP contribution in [-0.4, -0.2) is 14.6 Å². The number of aryl methyl sites for hydroxylation is 2. The summed E-state index contributed by atoms with van der Waals surface area (Å²) >= 11 is 0. The first-order valence-electron chi connectivity index (χ1n) is 11.3. The number of anilines is 2. The van der Waals surface area contributed by atoms with Gasteiger partial charge in [-0.3, -0.25) is 0 Å². The molecule has 34 heavy (non-hydrogen) atoms. The van der Waals surface area contributed by atoms with Gasteiger partial charge < -0.3 is 10.6 Å². The van der Waals surface area contributed by atoms with Crippen LogP contribution in [0.2, 0.25) is 0 Å². The Bertz CT molecular complexity index is 1460. The first kappa shape index (κ1) is 21.5. The van der Waals surface area contributed by atoms with E-state index in [0.717, 1.165) is 45.2 Å². The van der Waals surface area contributed by atoms with Crippen molar-refractivity contribution < 1.29 is 0 Å². The van der Waals surface area contributed by atoms with Crippen LogP contribution in [0.3, 0.4) is 0 Å². The highest BCUT2D eigenvalue weighted by molar-refractivity contribution is 5.75. The van der Waals surface area contributed by atoms with Crippen molar-refractivity contribution in [3.05, 3.63) is 120 Å². The third kappa shape index (κ3) is 4.55. The third-order valence-electron chi connectivity index (χ3n) is 5.88. The van der Waals surface area contributed by atoms with E-state index in [9.17, 15) is 0 Å². The van der Waals surface area contributed by atoms with Crippen molar-refractivity contribution in [1.82, 2.24) is 14.6 Å². The summed E-state index contributed by atoms with van der Waals surface area (Å²) in [5.74, 6) is 0.899. The maximum atomic E-state index is 4.80. The minimum absolute atomic E-state index is 0.652. The lowest BCUT2D eigenvalue weighted by atomic mass is 10.1. The second-order valence-corrected chi connectivity index (χ2v) is 8.47. The van der Waals surface area contributed by atoms with E-state index in [1.54, 1.807) is 6.20 Å². The van der Waals surface area contributed by atoms with Gasteiger partial charge in [0.25, 0.3) is 0 Å². The Labute approximate surface area is 199 Å². The number of aromatic nitrogens is 3. The van der Waals surface area contributed by atoms with Gasteiger partial charge in [0, 0.05) is 35.6 Å². The topological polar surface area (TPSA) is 54.2 Å². The van der Waals surface area contributed by atoms with Crippen LogP contribution in [-0.2, 0) is 6.54 Å². The molecular formula is C29H27N5. The van der Waals surface area contributed by atoms with Crippen molar-refractivity contribution >= 4 is 22.8 Å². The van der Waals surface area contributed by atoms with Crippen LogP contribution in [0.15, 0.2) is 97.7 Å². The molecule has 0 fully saturated rings. The summed E-state index contributed by atoms with van der Waals surface area (Å²) in [6, 6.07) is 29.0. The normalized spacial score (nSPS) is 10.9. The van der Waals surface area contributed by atoms with Crippen molar-refractivity contribution in [2.75, 3.05) is 10.6 Å². The molecule has 5 nitrogen and oxygen atoms in total. The molecule has 3 aromatic carbocycles. The summed E-state index contributed by atoms with van der Waals surface area (Å²) in [6.07, 6.45) is 1.77. The first-order valence-corrected chi connectivity index (χ1v) is 11.3. The lowest BCUT2D eigenvalue weighted by Gasteiger charge is -2.14. The molecule has 0 saturated carbocycles. The van der Waals surface area contributed by atoms with E-state index in [-0.39, 0.29) is 0 Å². The molecule has 0 aliphatic heterocycles. The molecule has 0 radical (unpaired) electrons. The van der Waals surface area contributed by atoms with E-state index in [2.05, 4.69) is 103 Å². The second-order valence-electron chi connectivity index (χ2n) is 8.47. The summed E-state index contributed by atoms with van der Waals surface area (Å²) in [4.78, 5) is 4.80. The zero-order valence-corrected chi connectivity index (χ0v) is 19.4. The van der Waals surface area contributed by atoms with E-state index >= 15 is 0 Å². The number of rotatable bonds is 7. The van der Waals surface area contributed by atoms with Crippen LogP contribution in [0.25, 0.3) is 22.6 Å². The average molecular weight is 446 g/mol. The number of fused-ring (bicyclic) bond motifs is 1. The molecule has 5 aromatic rings. The fraction of sp³-hybridized carbons (Fsp3) is 0.103. The number of nitrogens with zero attached hydrogens (tertiary/aromatic N) is 3. The Morgan fingerprint density at radius 3 is 2.56 bits per heavy atom. The van der Waals surface area contributed by atoms with Crippen molar-refractivity contribution in [3.8, 4) is 11.3 Å². The van der Waals surface area contributed by atoms with Gasteiger partial charge in [-0.15, -0.1) is 0 Å². The SMILES string of the molecule is C=C(Nc1cccc(CNc2cc(-c3ccccc3C)nc3ccnn23)c1)c1ccc(C)cc1. The minimum atomic E-state index is 0.652. The van der Waals surface area contributed by atoms with E-state index in [1.165, 1.54) is 11.1 Å².